The molecule has 0 saturated carbocycles. The maximum absolute atomic E-state index is 12.0. The highest BCUT2D eigenvalue weighted by atomic mass is 35.5. The normalized spacial score (nSPS) is 12.1. The van der Waals surface area contributed by atoms with Crippen LogP contribution in [0.2, 0.25) is 5.02 Å². The van der Waals surface area contributed by atoms with Gasteiger partial charge in [-0.05, 0) is 19.1 Å². The predicted octanol–water partition coefficient (Wildman–Crippen LogP) is 2.89. The maximum atomic E-state index is 12.0. The number of thioether (sulfide) groups is 1. The van der Waals surface area contributed by atoms with E-state index in [1.807, 2.05) is 6.07 Å². The number of carbonyl (C=O) groups is 1. The molecule has 3 N–H and O–H groups in total. The van der Waals surface area contributed by atoms with Crippen LogP contribution in [0, 0.1) is 0 Å². The van der Waals surface area contributed by atoms with Crippen LogP contribution in [0.25, 0.3) is 0 Å². The average Bonchev–Trinajstić information content (AvgIpc) is 2.77. The first-order chi connectivity index (χ1) is 9.06. The van der Waals surface area contributed by atoms with E-state index in [-0.39, 0.29) is 11.2 Å². The molecule has 100 valence electrons. The summed E-state index contributed by atoms with van der Waals surface area (Å²) in [7, 11) is 0. The number of nitrogen functional groups attached to an aromatic ring is 1. The minimum Gasteiger partial charge on any atom is -0.374 e. The Balaban J connectivity index is 1.98. The van der Waals surface area contributed by atoms with E-state index in [2.05, 4.69) is 15.5 Å². The lowest BCUT2D eigenvalue weighted by Gasteiger charge is -2.11. The van der Waals surface area contributed by atoms with Crippen molar-refractivity contribution >= 4 is 51.4 Å². The van der Waals surface area contributed by atoms with Gasteiger partial charge in [-0.3, -0.25) is 4.79 Å². The van der Waals surface area contributed by atoms with Gasteiger partial charge in [-0.1, -0.05) is 46.8 Å². The Morgan fingerprint density at radius 1 is 1.47 bits per heavy atom. The van der Waals surface area contributed by atoms with Gasteiger partial charge in [0.15, 0.2) is 4.34 Å². The van der Waals surface area contributed by atoms with Gasteiger partial charge < -0.3 is 11.1 Å². The van der Waals surface area contributed by atoms with Crippen LogP contribution in [0.5, 0.6) is 0 Å². The van der Waals surface area contributed by atoms with E-state index in [9.17, 15) is 4.79 Å². The zero-order chi connectivity index (χ0) is 13.8. The van der Waals surface area contributed by atoms with Crippen LogP contribution in [-0.2, 0) is 4.79 Å². The molecule has 0 aliphatic carbocycles. The molecule has 8 heteroatoms. The summed E-state index contributed by atoms with van der Waals surface area (Å²) in [6, 6.07) is 7.09. The molecule has 1 aromatic heterocycles. The fourth-order valence-corrected chi connectivity index (χ4v) is 3.23. The lowest BCUT2D eigenvalue weighted by molar-refractivity contribution is -0.115. The number of halogens is 1. The summed E-state index contributed by atoms with van der Waals surface area (Å²) < 4.78 is 0.666. The average molecular weight is 315 g/mol. The molecule has 1 unspecified atom stereocenters. The molecule has 0 spiro atoms. The zero-order valence-corrected chi connectivity index (χ0v) is 12.4. The number of nitrogens with zero attached hydrogens (tertiary/aromatic N) is 2. The smallest absolute Gasteiger partial charge is 0.237 e. The largest absolute Gasteiger partial charge is 0.374 e. The summed E-state index contributed by atoms with van der Waals surface area (Å²) in [5, 5.41) is 10.9. The number of hydrogen-bond acceptors (Lipinski definition) is 6. The highest BCUT2D eigenvalue weighted by Crippen LogP contribution is 2.28. The van der Waals surface area contributed by atoms with E-state index in [0.29, 0.717) is 20.2 Å². The third-order valence-electron chi connectivity index (χ3n) is 2.20. The number of para-hydroxylation sites is 1. The van der Waals surface area contributed by atoms with Gasteiger partial charge >= 0.3 is 0 Å². The Kier molecular flexibility index (Phi) is 4.62. The molecule has 0 aliphatic heterocycles. The summed E-state index contributed by atoms with van der Waals surface area (Å²) in [5.41, 5.74) is 6.08. The van der Waals surface area contributed by atoms with Crippen molar-refractivity contribution in [2.75, 3.05) is 11.1 Å². The number of rotatable bonds is 4. The van der Waals surface area contributed by atoms with E-state index in [0.717, 1.165) is 0 Å². The van der Waals surface area contributed by atoms with Gasteiger partial charge in [-0.2, -0.15) is 0 Å². The number of benzene rings is 1. The van der Waals surface area contributed by atoms with E-state index in [4.69, 9.17) is 17.3 Å². The fourth-order valence-electron chi connectivity index (χ4n) is 1.27. The summed E-state index contributed by atoms with van der Waals surface area (Å²) in [4.78, 5) is 12.0. The van der Waals surface area contributed by atoms with Crippen LogP contribution in [0.4, 0.5) is 10.8 Å². The first-order valence-corrected chi connectivity index (χ1v) is 7.44. The molecule has 1 heterocycles. The fraction of sp³-hybridized carbons (Fsp3) is 0.182. The number of anilines is 2. The van der Waals surface area contributed by atoms with E-state index in [1.54, 1.807) is 25.1 Å². The molecule has 1 aromatic carbocycles. The molecule has 0 aliphatic rings. The number of aromatic nitrogens is 2. The zero-order valence-electron chi connectivity index (χ0n) is 9.96. The topological polar surface area (TPSA) is 80.9 Å². The van der Waals surface area contributed by atoms with Gasteiger partial charge in [0.25, 0.3) is 0 Å². The lowest BCUT2D eigenvalue weighted by Crippen LogP contribution is -2.22. The molecule has 1 atom stereocenters. The second-order valence-electron chi connectivity index (χ2n) is 3.64. The SMILES string of the molecule is CC(Sc1nnc(N)s1)C(=O)Nc1ccccc1Cl. The molecule has 0 saturated heterocycles. The standard InChI is InChI=1S/C11H11ClN4OS2/c1-6(18-11-16-15-10(13)19-11)9(17)14-8-5-3-2-4-7(8)12/h2-6H,1H3,(H2,13,15)(H,14,17). The van der Waals surface area contributed by atoms with Gasteiger partial charge in [-0.25, -0.2) is 0 Å². The second kappa shape index (κ2) is 6.23. The Morgan fingerprint density at radius 3 is 2.84 bits per heavy atom. The number of hydrogen-bond donors (Lipinski definition) is 2. The van der Waals surface area contributed by atoms with Crippen molar-refractivity contribution in [2.24, 2.45) is 0 Å². The van der Waals surface area contributed by atoms with Crippen LogP contribution < -0.4 is 11.1 Å². The minimum atomic E-state index is -0.316. The van der Waals surface area contributed by atoms with Crippen LogP contribution in [-0.4, -0.2) is 21.4 Å². The van der Waals surface area contributed by atoms with Gasteiger partial charge in [0, 0.05) is 0 Å². The van der Waals surface area contributed by atoms with Gasteiger partial charge in [0.2, 0.25) is 11.0 Å². The molecule has 19 heavy (non-hydrogen) atoms. The molecule has 0 radical (unpaired) electrons. The Labute approximate surface area is 123 Å². The third kappa shape index (κ3) is 3.82. The van der Waals surface area contributed by atoms with E-state index in [1.165, 1.54) is 23.1 Å². The van der Waals surface area contributed by atoms with Crippen molar-refractivity contribution in [3.05, 3.63) is 29.3 Å². The van der Waals surface area contributed by atoms with E-state index < -0.39 is 0 Å². The second-order valence-corrected chi connectivity index (χ2v) is 6.64. The summed E-state index contributed by atoms with van der Waals surface area (Å²) in [6.07, 6.45) is 0. The summed E-state index contributed by atoms with van der Waals surface area (Å²) in [5.74, 6) is -0.146. The molecule has 2 rings (SSSR count). The molecule has 5 nitrogen and oxygen atoms in total. The lowest BCUT2D eigenvalue weighted by atomic mass is 10.3. The Bertz CT molecular complexity index is 590. The molecule has 0 fully saturated rings. The van der Waals surface area contributed by atoms with Crippen molar-refractivity contribution in [3.63, 3.8) is 0 Å². The van der Waals surface area contributed by atoms with Gasteiger partial charge in [0.1, 0.15) is 0 Å². The summed E-state index contributed by atoms with van der Waals surface area (Å²) in [6.45, 7) is 1.79. The van der Waals surface area contributed by atoms with Crippen LogP contribution >= 0.6 is 34.7 Å². The molecular weight excluding hydrogens is 304 g/mol. The van der Waals surface area contributed by atoms with Crippen LogP contribution in [0.15, 0.2) is 28.6 Å². The van der Waals surface area contributed by atoms with Crippen molar-refractivity contribution in [1.29, 1.82) is 0 Å². The Morgan fingerprint density at radius 2 is 2.21 bits per heavy atom. The van der Waals surface area contributed by atoms with Crippen LogP contribution in [0.1, 0.15) is 6.92 Å². The maximum Gasteiger partial charge on any atom is 0.237 e. The quantitative estimate of drug-likeness (QED) is 0.848. The summed E-state index contributed by atoms with van der Waals surface area (Å²) >= 11 is 8.54. The minimum absolute atomic E-state index is 0.146. The highest BCUT2D eigenvalue weighted by molar-refractivity contribution is 8.02. The monoisotopic (exact) mass is 314 g/mol. The molecule has 0 bridgehead atoms. The molecule has 2 aromatic rings. The van der Waals surface area contributed by atoms with Crippen molar-refractivity contribution in [2.45, 2.75) is 16.5 Å². The molecule has 1 amide bonds. The third-order valence-corrected chi connectivity index (χ3v) is 4.47. The molecular formula is C11H11ClN4OS2. The van der Waals surface area contributed by atoms with Gasteiger partial charge in [-0.15, -0.1) is 10.2 Å². The van der Waals surface area contributed by atoms with Crippen molar-refractivity contribution < 1.29 is 4.79 Å². The van der Waals surface area contributed by atoms with Gasteiger partial charge in [0.05, 0.1) is 16.0 Å². The van der Waals surface area contributed by atoms with Crippen molar-refractivity contribution in [1.82, 2.24) is 10.2 Å². The first kappa shape index (κ1) is 14.1. The highest BCUT2D eigenvalue weighted by Gasteiger charge is 2.17. The Hall–Kier alpha value is -1.31. The van der Waals surface area contributed by atoms with E-state index >= 15 is 0 Å². The predicted molar refractivity (Wildman–Crippen MR) is 79.7 cm³/mol. The number of nitrogens with two attached hydrogens (primary N) is 1. The first-order valence-electron chi connectivity index (χ1n) is 5.37. The number of carbonyl (C=O) groups excluding carboxylic acids is 1. The number of nitrogens with one attached hydrogen (secondary N) is 1. The van der Waals surface area contributed by atoms with Crippen molar-refractivity contribution in [3.8, 4) is 0 Å². The number of amides is 1. The van der Waals surface area contributed by atoms with Crippen LogP contribution in [0.3, 0.4) is 0 Å².